The van der Waals surface area contributed by atoms with Crippen LogP contribution in [0.25, 0.3) is 11.5 Å². The molecule has 0 unspecified atom stereocenters. The Kier molecular flexibility index (Phi) is 5.02. The fraction of sp³-hybridized carbons (Fsp3) is 0.111. The number of nitrogens with zero attached hydrogens (tertiary/aromatic N) is 2. The van der Waals surface area contributed by atoms with Crippen LogP contribution < -0.4 is 5.32 Å². The first-order valence-electron chi connectivity index (χ1n) is 7.64. The SMILES string of the molecule is Cc1noc(-c2ccc(C(=O)OCC(=O)Nc3ccc(F)cc3)cc2)n1. The number of hydrogen-bond acceptors (Lipinski definition) is 6. The molecule has 3 aromatic rings. The van der Waals surface area contributed by atoms with Crippen LogP contribution in [0.2, 0.25) is 0 Å². The maximum absolute atomic E-state index is 12.8. The van der Waals surface area contributed by atoms with Crippen molar-refractivity contribution in [3.8, 4) is 11.5 Å². The molecule has 132 valence electrons. The molecule has 0 saturated heterocycles. The third kappa shape index (κ3) is 4.29. The van der Waals surface area contributed by atoms with Crippen LogP contribution in [0.4, 0.5) is 10.1 Å². The lowest BCUT2D eigenvalue weighted by atomic mass is 10.1. The van der Waals surface area contributed by atoms with Crippen molar-refractivity contribution in [3.63, 3.8) is 0 Å². The number of carbonyl (C=O) groups is 2. The zero-order valence-electron chi connectivity index (χ0n) is 13.7. The lowest BCUT2D eigenvalue weighted by Crippen LogP contribution is -2.20. The lowest BCUT2D eigenvalue weighted by Gasteiger charge is -2.07. The van der Waals surface area contributed by atoms with Crippen molar-refractivity contribution in [2.24, 2.45) is 0 Å². The summed E-state index contributed by atoms with van der Waals surface area (Å²) in [6.45, 7) is 1.25. The summed E-state index contributed by atoms with van der Waals surface area (Å²) >= 11 is 0. The third-order valence-electron chi connectivity index (χ3n) is 3.36. The minimum Gasteiger partial charge on any atom is -0.452 e. The van der Waals surface area contributed by atoms with E-state index in [0.29, 0.717) is 23.0 Å². The molecule has 0 bridgehead atoms. The fourth-order valence-corrected chi connectivity index (χ4v) is 2.11. The Balaban J connectivity index is 1.54. The Morgan fingerprint density at radius 1 is 1.12 bits per heavy atom. The molecule has 2 aromatic carbocycles. The quantitative estimate of drug-likeness (QED) is 0.707. The van der Waals surface area contributed by atoms with Gasteiger partial charge in [-0.1, -0.05) is 5.16 Å². The van der Waals surface area contributed by atoms with Crippen molar-refractivity contribution in [2.45, 2.75) is 6.92 Å². The number of esters is 1. The van der Waals surface area contributed by atoms with E-state index in [2.05, 4.69) is 15.5 Å². The van der Waals surface area contributed by atoms with Gasteiger partial charge < -0.3 is 14.6 Å². The van der Waals surface area contributed by atoms with Gasteiger partial charge in [-0.15, -0.1) is 0 Å². The van der Waals surface area contributed by atoms with Gasteiger partial charge in [0.1, 0.15) is 5.82 Å². The summed E-state index contributed by atoms with van der Waals surface area (Å²) in [5, 5.41) is 6.19. The Bertz CT molecular complexity index is 920. The van der Waals surface area contributed by atoms with Gasteiger partial charge in [0.25, 0.3) is 11.8 Å². The highest BCUT2D eigenvalue weighted by atomic mass is 19.1. The number of hydrogen-bond donors (Lipinski definition) is 1. The second kappa shape index (κ2) is 7.56. The minimum atomic E-state index is -0.646. The topological polar surface area (TPSA) is 94.3 Å². The molecule has 0 saturated carbocycles. The highest BCUT2D eigenvalue weighted by Gasteiger charge is 2.12. The maximum Gasteiger partial charge on any atom is 0.338 e. The molecule has 1 aromatic heterocycles. The number of aromatic nitrogens is 2. The van der Waals surface area contributed by atoms with Crippen LogP contribution in [-0.2, 0) is 9.53 Å². The molecule has 1 N–H and O–H groups in total. The van der Waals surface area contributed by atoms with Crippen LogP contribution in [0.3, 0.4) is 0 Å². The first-order valence-corrected chi connectivity index (χ1v) is 7.64. The number of nitrogens with one attached hydrogen (secondary N) is 1. The number of ether oxygens (including phenoxy) is 1. The summed E-state index contributed by atoms with van der Waals surface area (Å²) in [6.07, 6.45) is 0. The predicted molar refractivity (Wildman–Crippen MR) is 89.8 cm³/mol. The van der Waals surface area contributed by atoms with E-state index in [4.69, 9.17) is 9.26 Å². The normalized spacial score (nSPS) is 10.4. The van der Waals surface area contributed by atoms with E-state index in [0.717, 1.165) is 0 Å². The number of rotatable bonds is 5. The highest BCUT2D eigenvalue weighted by Crippen LogP contribution is 2.18. The molecule has 1 heterocycles. The molecule has 0 aliphatic heterocycles. The monoisotopic (exact) mass is 355 g/mol. The number of halogens is 1. The predicted octanol–water partition coefficient (Wildman–Crippen LogP) is 2.98. The summed E-state index contributed by atoms with van der Waals surface area (Å²) in [5.41, 5.74) is 1.35. The van der Waals surface area contributed by atoms with Gasteiger partial charge >= 0.3 is 5.97 Å². The second-order valence-corrected chi connectivity index (χ2v) is 5.36. The van der Waals surface area contributed by atoms with Gasteiger partial charge in [0.05, 0.1) is 5.56 Å². The molecular weight excluding hydrogens is 341 g/mol. The fourth-order valence-electron chi connectivity index (χ4n) is 2.11. The molecule has 7 nitrogen and oxygen atoms in total. The Morgan fingerprint density at radius 3 is 2.42 bits per heavy atom. The molecular formula is C18H14FN3O4. The number of aryl methyl sites for hydroxylation is 1. The molecule has 0 aliphatic carbocycles. The zero-order chi connectivity index (χ0) is 18.5. The Labute approximate surface area is 147 Å². The summed E-state index contributed by atoms with van der Waals surface area (Å²) in [6, 6.07) is 11.6. The van der Waals surface area contributed by atoms with Crippen LogP contribution in [0.1, 0.15) is 16.2 Å². The average Bonchev–Trinajstić information content (AvgIpc) is 3.08. The van der Waals surface area contributed by atoms with Gasteiger partial charge in [-0.2, -0.15) is 4.98 Å². The number of anilines is 1. The summed E-state index contributed by atoms with van der Waals surface area (Å²) in [5.74, 6) is -0.722. The van der Waals surface area contributed by atoms with Crippen LogP contribution in [0.15, 0.2) is 53.1 Å². The lowest BCUT2D eigenvalue weighted by molar-refractivity contribution is -0.119. The standard InChI is InChI=1S/C18H14FN3O4/c1-11-20-17(26-22-11)12-2-4-13(5-3-12)18(24)25-10-16(23)21-15-8-6-14(19)7-9-15/h2-9H,10H2,1H3,(H,21,23). The minimum absolute atomic E-state index is 0.277. The van der Waals surface area contributed by atoms with Crippen molar-refractivity contribution in [3.05, 3.63) is 65.7 Å². The Morgan fingerprint density at radius 2 is 1.81 bits per heavy atom. The number of carbonyl (C=O) groups excluding carboxylic acids is 2. The van der Waals surface area contributed by atoms with Crippen LogP contribution >= 0.6 is 0 Å². The van der Waals surface area contributed by atoms with Crippen molar-refractivity contribution in [2.75, 3.05) is 11.9 Å². The van der Waals surface area contributed by atoms with Crippen molar-refractivity contribution in [1.82, 2.24) is 10.1 Å². The smallest absolute Gasteiger partial charge is 0.338 e. The third-order valence-corrected chi connectivity index (χ3v) is 3.36. The van der Waals surface area contributed by atoms with Gasteiger partial charge in [0, 0.05) is 11.3 Å². The van der Waals surface area contributed by atoms with Gasteiger partial charge in [0.15, 0.2) is 12.4 Å². The van der Waals surface area contributed by atoms with Crippen molar-refractivity contribution in [1.29, 1.82) is 0 Å². The van der Waals surface area contributed by atoms with Crippen molar-refractivity contribution < 1.29 is 23.2 Å². The molecule has 8 heteroatoms. The second-order valence-electron chi connectivity index (χ2n) is 5.36. The maximum atomic E-state index is 12.8. The summed E-state index contributed by atoms with van der Waals surface area (Å²) < 4.78 is 22.8. The molecule has 0 aliphatic rings. The van der Waals surface area contributed by atoms with Crippen LogP contribution in [0, 0.1) is 12.7 Å². The van der Waals surface area contributed by atoms with Crippen LogP contribution in [-0.4, -0.2) is 28.6 Å². The number of benzene rings is 2. The van der Waals surface area contributed by atoms with Crippen LogP contribution in [0.5, 0.6) is 0 Å². The van der Waals surface area contributed by atoms with Gasteiger partial charge in [-0.05, 0) is 55.5 Å². The first-order chi connectivity index (χ1) is 12.5. The molecule has 0 fully saturated rings. The van der Waals surface area contributed by atoms with E-state index < -0.39 is 24.3 Å². The first kappa shape index (κ1) is 17.3. The van der Waals surface area contributed by atoms with Gasteiger partial charge in [0.2, 0.25) is 0 Å². The largest absolute Gasteiger partial charge is 0.452 e. The summed E-state index contributed by atoms with van der Waals surface area (Å²) in [4.78, 5) is 27.8. The molecule has 1 amide bonds. The molecule has 26 heavy (non-hydrogen) atoms. The van der Waals surface area contributed by atoms with E-state index >= 15 is 0 Å². The van der Waals surface area contributed by atoms with E-state index in [1.165, 1.54) is 36.4 Å². The molecule has 0 spiro atoms. The zero-order valence-corrected chi connectivity index (χ0v) is 13.7. The highest BCUT2D eigenvalue weighted by molar-refractivity contribution is 5.95. The number of amides is 1. The average molecular weight is 355 g/mol. The van der Waals surface area contributed by atoms with Crippen molar-refractivity contribution >= 4 is 17.6 Å². The van der Waals surface area contributed by atoms with E-state index in [1.807, 2.05) is 0 Å². The summed E-state index contributed by atoms with van der Waals surface area (Å²) in [7, 11) is 0. The van der Waals surface area contributed by atoms with Gasteiger partial charge in [-0.3, -0.25) is 4.79 Å². The molecule has 3 rings (SSSR count). The molecule has 0 radical (unpaired) electrons. The van der Waals surface area contributed by atoms with E-state index in [1.54, 1.807) is 19.1 Å². The molecule has 0 atom stereocenters. The van der Waals surface area contributed by atoms with E-state index in [9.17, 15) is 14.0 Å². The van der Waals surface area contributed by atoms with Gasteiger partial charge in [-0.25, -0.2) is 9.18 Å². The van der Waals surface area contributed by atoms with E-state index in [-0.39, 0.29) is 5.56 Å². The Hall–Kier alpha value is -3.55.